The number of amides is 1. The summed E-state index contributed by atoms with van der Waals surface area (Å²) in [6.07, 6.45) is 0.681. The summed E-state index contributed by atoms with van der Waals surface area (Å²) in [5.41, 5.74) is 0.335. The van der Waals surface area contributed by atoms with Crippen LogP contribution in [0.5, 0.6) is 0 Å². The van der Waals surface area contributed by atoms with E-state index in [9.17, 15) is 22.4 Å². The van der Waals surface area contributed by atoms with E-state index in [2.05, 4.69) is 5.32 Å². The third kappa shape index (κ3) is 5.50. The second kappa shape index (κ2) is 6.66. The largest absolute Gasteiger partial charge is 0.480 e. The van der Waals surface area contributed by atoms with Crippen molar-refractivity contribution in [3.63, 3.8) is 0 Å². The Morgan fingerprint density at radius 1 is 1.38 bits per heavy atom. The number of carbonyl (C=O) groups is 2. The van der Waals surface area contributed by atoms with Crippen molar-refractivity contribution < 1.29 is 27.5 Å². The molecule has 6 nitrogen and oxygen atoms in total. The number of benzene rings is 1. The fraction of sp³-hybridized carbons (Fsp3) is 0.385. The van der Waals surface area contributed by atoms with Crippen LogP contribution in [0.25, 0.3) is 0 Å². The van der Waals surface area contributed by atoms with Gasteiger partial charge in [0, 0.05) is 6.26 Å². The van der Waals surface area contributed by atoms with Gasteiger partial charge in [-0.15, -0.1) is 0 Å². The van der Waals surface area contributed by atoms with E-state index in [1.807, 2.05) is 0 Å². The molecule has 116 valence electrons. The molecule has 0 spiro atoms. The SMILES string of the molecule is Cc1ccc(C(=O)NC(CCS(C)(=O)=O)C(=O)O)c(F)c1. The molecular formula is C13H16FNO5S. The highest BCUT2D eigenvalue weighted by Gasteiger charge is 2.23. The van der Waals surface area contributed by atoms with Gasteiger partial charge in [-0.1, -0.05) is 6.07 Å². The Morgan fingerprint density at radius 2 is 2.00 bits per heavy atom. The molecule has 8 heteroatoms. The quantitative estimate of drug-likeness (QED) is 0.806. The van der Waals surface area contributed by atoms with Crippen LogP contribution in [-0.4, -0.2) is 43.5 Å². The van der Waals surface area contributed by atoms with E-state index in [4.69, 9.17) is 5.11 Å². The fourth-order valence-corrected chi connectivity index (χ4v) is 2.29. The van der Waals surface area contributed by atoms with Gasteiger partial charge in [0.05, 0.1) is 11.3 Å². The van der Waals surface area contributed by atoms with Gasteiger partial charge < -0.3 is 10.4 Å². The van der Waals surface area contributed by atoms with Crippen molar-refractivity contribution in [3.05, 3.63) is 35.1 Å². The summed E-state index contributed by atoms with van der Waals surface area (Å²) in [7, 11) is -3.36. The van der Waals surface area contributed by atoms with Crippen molar-refractivity contribution in [3.8, 4) is 0 Å². The summed E-state index contributed by atoms with van der Waals surface area (Å²) in [5, 5.41) is 11.1. The second-order valence-electron chi connectivity index (χ2n) is 4.77. The Balaban J connectivity index is 2.84. The average Bonchev–Trinajstić information content (AvgIpc) is 2.32. The predicted octanol–water partition coefficient (Wildman–Crippen LogP) is 0.752. The number of hydrogen-bond acceptors (Lipinski definition) is 4. The number of hydrogen-bond donors (Lipinski definition) is 2. The molecule has 1 rings (SSSR count). The number of carbonyl (C=O) groups excluding carboxylic acids is 1. The third-order valence-corrected chi connectivity index (χ3v) is 3.73. The summed E-state index contributed by atoms with van der Waals surface area (Å²) in [4.78, 5) is 22.9. The highest BCUT2D eigenvalue weighted by atomic mass is 32.2. The molecular weight excluding hydrogens is 301 g/mol. The van der Waals surface area contributed by atoms with Crippen LogP contribution in [-0.2, 0) is 14.6 Å². The van der Waals surface area contributed by atoms with E-state index in [0.717, 1.165) is 12.3 Å². The van der Waals surface area contributed by atoms with Crippen molar-refractivity contribution in [2.45, 2.75) is 19.4 Å². The van der Waals surface area contributed by atoms with Gasteiger partial charge in [-0.2, -0.15) is 0 Å². The minimum Gasteiger partial charge on any atom is -0.480 e. The Morgan fingerprint density at radius 3 is 2.48 bits per heavy atom. The van der Waals surface area contributed by atoms with Gasteiger partial charge in [0.2, 0.25) is 0 Å². The van der Waals surface area contributed by atoms with Gasteiger partial charge in [0.25, 0.3) is 5.91 Å². The predicted molar refractivity (Wildman–Crippen MR) is 74.4 cm³/mol. The van der Waals surface area contributed by atoms with E-state index < -0.39 is 33.6 Å². The second-order valence-corrected chi connectivity index (χ2v) is 7.03. The lowest BCUT2D eigenvalue weighted by atomic mass is 10.1. The Kier molecular flexibility index (Phi) is 5.42. The molecule has 21 heavy (non-hydrogen) atoms. The minimum atomic E-state index is -3.36. The molecule has 0 radical (unpaired) electrons. The summed E-state index contributed by atoms with van der Waals surface area (Å²) in [6, 6.07) is 2.52. The van der Waals surface area contributed by atoms with E-state index >= 15 is 0 Å². The maximum absolute atomic E-state index is 13.6. The summed E-state index contributed by atoms with van der Waals surface area (Å²) in [5.74, 6) is -3.42. The number of rotatable bonds is 6. The smallest absolute Gasteiger partial charge is 0.326 e. The first-order valence-corrected chi connectivity index (χ1v) is 8.14. The molecule has 1 unspecified atom stereocenters. The van der Waals surface area contributed by atoms with E-state index in [1.54, 1.807) is 6.92 Å². The lowest BCUT2D eigenvalue weighted by Gasteiger charge is -2.14. The Bertz CT molecular complexity index is 657. The van der Waals surface area contributed by atoms with Crippen molar-refractivity contribution in [2.24, 2.45) is 0 Å². The molecule has 0 aliphatic rings. The molecule has 0 fully saturated rings. The normalized spacial score (nSPS) is 12.7. The molecule has 0 aliphatic heterocycles. The Labute approximate surface area is 121 Å². The summed E-state index contributed by atoms with van der Waals surface area (Å²) < 4.78 is 35.7. The van der Waals surface area contributed by atoms with Crippen molar-refractivity contribution in [2.75, 3.05) is 12.0 Å². The van der Waals surface area contributed by atoms with Crippen LogP contribution in [0, 0.1) is 12.7 Å². The molecule has 0 bridgehead atoms. The number of aliphatic carboxylic acids is 1. The third-order valence-electron chi connectivity index (χ3n) is 2.75. The first kappa shape index (κ1) is 17.1. The zero-order chi connectivity index (χ0) is 16.2. The molecule has 1 aromatic rings. The molecule has 0 aromatic heterocycles. The van der Waals surface area contributed by atoms with Gasteiger partial charge in [0.1, 0.15) is 21.7 Å². The van der Waals surface area contributed by atoms with Crippen molar-refractivity contribution >= 4 is 21.7 Å². The molecule has 1 amide bonds. The lowest BCUT2D eigenvalue weighted by Crippen LogP contribution is -2.42. The van der Waals surface area contributed by atoms with Crippen LogP contribution >= 0.6 is 0 Å². The van der Waals surface area contributed by atoms with Gasteiger partial charge in [-0.05, 0) is 31.0 Å². The first-order chi connectivity index (χ1) is 9.60. The average molecular weight is 317 g/mol. The van der Waals surface area contributed by atoms with Crippen LogP contribution in [0.1, 0.15) is 22.3 Å². The van der Waals surface area contributed by atoms with Crippen molar-refractivity contribution in [1.29, 1.82) is 0 Å². The molecule has 1 atom stereocenters. The fourth-order valence-electron chi connectivity index (χ4n) is 1.63. The molecule has 0 saturated heterocycles. The van der Waals surface area contributed by atoms with Crippen LogP contribution in [0.4, 0.5) is 4.39 Å². The minimum absolute atomic E-state index is 0.284. The number of aryl methyl sites for hydroxylation is 1. The van der Waals surface area contributed by atoms with Crippen LogP contribution in [0.2, 0.25) is 0 Å². The van der Waals surface area contributed by atoms with Gasteiger partial charge >= 0.3 is 5.97 Å². The van der Waals surface area contributed by atoms with Crippen LogP contribution < -0.4 is 5.32 Å². The summed E-state index contributed by atoms with van der Waals surface area (Å²) in [6.45, 7) is 1.65. The lowest BCUT2D eigenvalue weighted by molar-refractivity contribution is -0.139. The van der Waals surface area contributed by atoms with Gasteiger partial charge in [-0.25, -0.2) is 17.6 Å². The maximum atomic E-state index is 13.6. The maximum Gasteiger partial charge on any atom is 0.326 e. The van der Waals surface area contributed by atoms with Gasteiger partial charge in [0.15, 0.2) is 0 Å². The number of sulfone groups is 1. The molecule has 0 saturated carbocycles. The van der Waals surface area contributed by atoms with E-state index in [1.165, 1.54) is 12.1 Å². The van der Waals surface area contributed by atoms with Crippen LogP contribution in [0.3, 0.4) is 0 Å². The molecule has 2 N–H and O–H groups in total. The standard InChI is InChI=1S/C13H16FNO5S/c1-8-3-4-9(10(14)7-8)12(16)15-11(13(17)18)5-6-21(2,19)20/h3-4,7,11H,5-6H2,1-2H3,(H,15,16)(H,17,18). The monoisotopic (exact) mass is 317 g/mol. The van der Waals surface area contributed by atoms with Gasteiger partial charge in [-0.3, -0.25) is 4.79 Å². The molecule has 0 heterocycles. The Hall–Kier alpha value is -1.96. The van der Waals surface area contributed by atoms with E-state index in [0.29, 0.717) is 5.56 Å². The zero-order valence-electron chi connectivity index (χ0n) is 11.6. The number of carboxylic acid groups (broad SMARTS) is 1. The highest BCUT2D eigenvalue weighted by Crippen LogP contribution is 2.10. The molecule has 0 aliphatic carbocycles. The van der Waals surface area contributed by atoms with Crippen molar-refractivity contribution in [1.82, 2.24) is 5.32 Å². The summed E-state index contributed by atoms with van der Waals surface area (Å²) >= 11 is 0. The number of halogens is 1. The number of nitrogens with one attached hydrogen (secondary N) is 1. The van der Waals surface area contributed by atoms with E-state index in [-0.39, 0.29) is 17.7 Å². The number of carboxylic acids is 1. The molecule has 1 aromatic carbocycles. The highest BCUT2D eigenvalue weighted by molar-refractivity contribution is 7.90. The topological polar surface area (TPSA) is 101 Å². The zero-order valence-corrected chi connectivity index (χ0v) is 12.4. The van der Waals surface area contributed by atoms with Crippen LogP contribution in [0.15, 0.2) is 18.2 Å². The first-order valence-electron chi connectivity index (χ1n) is 6.07.